The van der Waals surface area contributed by atoms with Crippen LogP contribution in [0.5, 0.6) is 0 Å². The third kappa shape index (κ3) is 3.93. The molecule has 28 heavy (non-hydrogen) atoms. The summed E-state index contributed by atoms with van der Waals surface area (Å²) in [5.74, 6) is -0.607. The molecule has 0 aliphatic heterocycles. The van der Waals surface area contributed by atoms with Gasteiger partial charge in [-0.1, -0.05) is 29.4 Å². The number of hydrogen-bond donors (Lipinski definition) is 1. The number of nitro groups is 1. The van der Waals surface area contributed by atoms with Crippen LogP contribution in [-0.4, -0.2) is 30.4 Å². The summed E-state index contributed by atoms with van der Waals surface area (Å²) in [5, 5.41) is 22.5. The van der Waals surface area contributed by atoms with Crippen molar-refractivity contribution in [1.29, 1.82) is 0 Å². The first-order valence-corrected chi connectivity index (χ1v) is 8.83. The molecule has 1 aromatic carbocycles. The van der Waals surface area contributed by atoms with Crippen LogP contribution in [0.15, 0.2) is 30.3 Å². The number of hydrogen-bond acceptors (Lipinski definition) is 5. The molecule has 9 heteroatoms. The molecule has 0 atom stereocenters. The average molecular weight is 382 g/mol. The highest BCUT2D eigenvalue weighted by Gasteiger charge is 2.21. The minimum Gasteiger partial charge on any atom is -0.358 e. The molecule has 0 bridgehead atoms. The molecule has 0 unspecified atom stereocenters. The van der Waals surface area contributed by atoms with E-state index in [4.69, 9.17) is 0 Å². The van der Waals surface area contributed by atoms with Crippen molar-refractivity contribution in [3.63, 3.8) is 0 Å². The van der Waals surface area contributed by atoms with E-state index >= 15 is 0 Å². The lowest BCUT2D eigenvalue weighted by atomic mass is 10.1. The van der Waals surface area contributed by atoms with Crippen LogP contribution in [0.4, 0.5) is 11.5 Å². The quantitative estimate of drug-likeness (QED) is 0.521. The summed E-state index contributed by atoms with van der Waals surface area (Å²) in [7, 11) is 0. The third-order valence-electron chi connectivity index (χ3n) is 4.59. The summed E-state index contributed by atoms with van der Waals surface area (Å²) in [5.41, 5.74) is 4.92. The summed E-state index contributed by atoms with van der Waals surface area (Å²) in [6, 6.07) is 9.40. The third-order valence-corrected chi connectivity index (χ3v) is 4.59. The van der Waals surface area contributed by atoms with Crippen LogP contribution < -0.4 is 5.32 Å². The van der Waals surface area contributed by atoms with Crippen LogP contribution in [0.25, 0.3) is 0 Å². The normalized spacial score (nSPS) is 10.9. The van der Waals surface area contributed by atoms with Crippen LogP contribution in [-0.2, 0) is 17.9 Å². The fourth-order valence-electron chi connectivity index (χ4n) is 3.09. The smallest absolute Gasteiger partial charge is 0.345 e. The zero-order valence-electron chi connectivity index (χ0n) is 16.3. The van der Waals surface area contributed by atoms with Crippen molar-refractivity contribution in [1.82, 2.24) is 19.6 Å². The summed E-state index contributed by atoms with van der Waals surface area (Å²) in [4.78, 5) is 23.0. The maximum Gasteiger partial charge on any atom is 0.345 e. The van der Waals surface area contributed by atoms with Crippen molar-refractivity contribution >= 4 is 17.4 Å². The number of rotatable bonds is 6. The molecule has 0 saturated carbocycles. The van der Waals surface area contributed by atoms with Crippen molar-refractivity contribution in [3.05, 3.63) is 68.7 Å². The molecule has 1 N–H and O–H groups in total. The molecule has 0 aliphatic rings. The van der Waals surface area contributed by atoms with Crippen molar-refractivity contribution in [2.24, 2.45) is 0 Å². The number of carbonyl (C=O) groups excluding carboxylic acids is 1. The molecule has 1 amide bonds. The molecule has 3 aromatic rings. The number of carbonyl (C=O) groups is 1. The van der Waals surface area contributed by atoms with E-state index in [9.17, 15) is 14.9 Å². The van der Waals surface area contributed by atoms with E-state index < -0.39 is 10.8 Å². The van der Waals surface area contributed by atoms with Gasteiger partial charge in [0.1, 0.15) is 0 Å². The molecule has 2 aromatic heterocycles. The number of anilines is 1. The summed E-state index contributed by atoms with van der Waals surface area (Å²) < 4.78 is 2.93. The zero-order valence-corrected chi connectivity index (χ0v) is 16.3. The summed E-state index contributed by atoms with van der Waals surface area (Å²) >= 11 is 0. The van der Waals surface area contributed by atoms with Crippen LogP contribution in [0.1, 0.15) is 28.2 Å². The van der Waals surface area contributed by atoms with E-state index in [1.807, 2.05) is 49.7 Å². The lowest BCUT2D eigenvalue weighted by Crippen LogP contribution is -2.21. The molecule has 0 aliphatic carbocycles. The Bertz CT molecular complexity index is 1050. The summed E-state index contributed by atoms with van der Waals surface area (Å²) in [6.07, 6.45) is 0. The fraction of sp³-hybridized carbons (Fsp3) is 0.316. The first-order valence-electron chi connectivity index (χ1n) is 8.83. The predicted molar refractivity (Wildman–Crippen MR) is 104 cm³/mol. The van der Waals surface area contributed by atoms with Gasteiger partial charge < -0.3 is 15.4 Å². The van der Waals surface area contributed by atoms with E-state index in [1.165, 1.54) is 11.6 Å². The van der Waals surface area contributed by atoms with Gasteiger partial charge in [-0.05, 0) is 43.7 Å². The first kappa shape index (κ1) is 19.3. The topological polar surface area (TPSA) is 108 Å². The number of aryl methyl sites for hydroxylation is 3. The SMILES string of the molecule is Cc1cc([N+](=O)[O-])n(CC(=O)Nc2c(C)nn(Cc3ccccc3C)c2C)n1. The van der Waals surface area contributed by atoms with E-state index in [-0.39, 0.29) is 12.4 Å². The average Bonchev–Trinajstić information content (AvgIpc) is 3.11. The minimum absolute atomic E-state index is 0.212. The Morgan fingerprint density at radius 3 is 2.54 bits per heavy atom. The molecule has 0 saturated heterocycles. The second kappa shape index (κ2) is 7.63. The Kier molecular flexibility index (Phi) is 5.25. The molecular formula is C19H22N6O3. The highest BCUT2D eigenvalue weighted by molar-refractivity contribution is 5.91. The number of benzene rings is 1. The molecular weight excluding hydrogens is 360 g/mol. The van der Waals surface area contributed by atoms with Crippen molar-refractivity contribution < 1.29 is 9.72 Å². The Hall–Kier alpha value is -3.49. The van der Waals surface area contributed by atoms with Crippen LogP contribution in [0.3, 0.4) is 0 Å². The molecule has 0 fully saturated rings. The minimum atomic E-state index is -0.552. The van der Waals surface area contributed by atoms with Gasteiger partial charge in [0.2, 0.25) is 0 Å². The maximum absolute atomic E-state index is 12.5. The standard InChI is InChI=1S/C19H22N6O3/c1-12-7-5-6-8-16(12)10-23-15(4)19(14(3)22-23)20-17(26)11-24-18(25(27)28)9-13(2)21-24/h5-9H,10-11H2,1-4H3,(H,20,26). The van der Waals surface area contributed by atoms with Gasteiger partial charge in [-0.3, -0.25) is 9.48 Å². The summed E-state index contributed by atoms with van der Waals surface area (Å²) in [6.45, 7) is 7.74. The lowest BCUT2D eigenvalue weighted by Gasteiger charge is -2.08. The number of amides is 1. The van der Waals surface area contributed by atoms with Gasteiger partial charge in [-0.2, -0.15) is 5.10 Å². The van der Waals surface area contributed by atoms with Crippen molar-refractivity contribution in [2.75, 3.05) is 5.32 Å². The molecule has 0 spiro atoms. The lowest BCUT2D eigenvalue weighted by molar-refractivity contribution is -0.392. The highest BCUT2D eigenvalue weighted by atomic mass is 16.6. The molecule has 146 valence electrons. The Balaban J connectivity index is 1.78. The molecule has 2 heterocycles. The van der Waals surface area contributed by atoms with Crippen molar-refractivity contribution in [2.45, 2.75) is 40.8 Å². The van der Waals surface area contributed by atoms with Gasteiger partial charge in [-0.15, -0.1) is 4.68 Å². The van der Waals surface area contributed by atoms with E-state index in [0.29, 0.717) is 23.6 Å². The van der Waals surface area contributed by atoms with Gasteiger partial charge in [-0.25, -0.2) is 0 Å². The zero-order chi connectivity index (χ0) is 20.4. The van der Waals surface area contributed by atoms with Gasteiger partial charge in [0.05, 0.1) is 35.4 Å². The largest absolute Gasteiger partial charge is 0.358 e. The number of aromatic nitrogens is 4. The van der Waals surface area contributed by atoms with Gasteiger partial charge >= 0.3 is 5.82 Å². The van der Waals surface area contributed by atoms with E-state index in [0.717, 1.165) is 15.9 Å². The molecule has 9 nitrogen and oxygen atoms in total. The maximum atomic E-state index is 12.5. The van der Waals surface area contributed by atoms with E-state index in [2.05, 4.69) is 15.5 Å². The Morgan fingerprint density at radius 2 is 1.86 bits per heavy atom. The van der Waals surface area contributed by atoms with Crippen LogP contribution in [0.2, 0.25) is 0 Å². The monoisotopic (exact) mass is 382 g/mol. The second-order valence-corrected chi connectivity index (χ2v) is 6.74. The highest BCUT2D eigenvalue weighted by Crippen LogP contribution is 2.22. The van der Waals surface area contributed by atoms with Crippen LogP contribution >= 0.6 is 0 Å². The van der Waals surface area contributed by atoms with Gasteiger partial charge in [0, 0.05) is 0 Å². The Labute approximate surface area is 162 Å². The fourth-order valence-corrected chi connectivity index (χ4v) is 3.09. The van der Waals surface area contributed by atoms with Crippen molar-refractivity contribution in [3.8, 4) is 0 Å². The Morgan fingerprint density at radius 1 is 1.14 bits per heavy atom. The second-order valence-electron chi connectivity index (χ2n) is 6.74. The molecule has 0 radical (unpaired) electrons. The van der Waals surface area contributed by atoms with Gasteiger partial charge in [0.15, 0.2) is 6.54 Å². The number of nitrogens with zero attached hydrogens (tertiary/aromatic N) is 5. The van der Waals surface area contributed by atoms with E-state index in [1.54, 1.807) is 6.92 Å². The number of nitrogens with one attached hydrogen (secondary N) is 1. The predicted octanol–water partition coefficient (Wildman–Crippen LogP) is 2.91. The first-order chi connectivity index (χ1) is 13.3. The van der Waals surface area contributed by atoms with Gasteiger partial charge in [0.25, 0.3) is 5.91 Å². The molecule has 3 rings (SSSR count). The van der Waals surface area contributed by atoms with Crippen LogP contribution in [0, 0.1) is 37.8 Å².